The molecule has 0 fully saturated rings. The van der Waals surface area contributed by atoms with Crippen LogP contribution in [0.1, 0.15) is 10.5 Å². The highest BCUT2D eigenvalue weighted by atomic mass is 35.5. The molecule has 0 unspecified atom stereocenters. The number of hydrogen-bond donors (Lipinski definition) is 2. The molecule has 1 amide bonds. The van der Waals surface area contributed by atoms with Crippen molar-refractivity contribution >= 4 is 23.5 Å². The molecule has 0 bridgehead atoms. The summed E-state index contributed by atoms with van der Waals surface area (Å²) >= 11 is 6.13. The van der Waals surface area contributed by atoms with Gasteiger partial charge in [0.25, 0.3) is 11.9 Å². The van der Waals surface area contributed by atoms with Crippen molar-refractivity contribution in [1.82, 2.24) is 25.6 Å². The number of benzene rings is 1. The van der Waals surface area contributed by atoms with Crippen LogP contribution in [0.2, 0.25) is 5.02 Å². The number of nitrogens with zero attached hydrogens (tertiary/aromatic N) is 4. The number of carbonyl (C=O) groups excluding carboxylic acids is 1. The van der Waals surface area contributed by atoms with E-state index in [1.54, 1.807) is 31.4 Å². The Balaban J connectivity index is 1.95. The summed E-state index contributed by atoms with van der Waals surface area (Å²) < 4.78 is 10.5. The average Bonchev–Trinajstić information content (AvgIpc) is 3.13. The van der Waals surface area contributed by atoms with Crippen LogP contribution in [-0.2, 0) is 0 Å². The third-order valence-corrected chi connectivity index (χ3v) is 3.49. The number of tetrazole rings is 1. The van der Waals surface area contributed by atoms with Crippen molar-refractivity contribution in [1.29, 1.82) is 0 Å². The Morgan fingerprint density at radius 3 is 2.64 bits per heavy atom. The SMILES string of the molecule is COc1ccc(-c2cc(Cl)cc(C(=O)Nc3nn[nH]n3)n2)cc1OC. The minimum Gasteiger partial charge on any atom is -0.493 e. The summed E-state index contributed by atoms with van der Waals surface area (Å²) in [5.74, 6) is 0.660. The van der Waals surface area contributed by atoms with E-state index in [1.165, 1.54) is 13.2 Å². The van der Waals surface area contributed by atoms with Gasteiger partial charge in [-0.15, -0.1) is 5.10 Å². The predicted octanol–water partition coefficient (Wildman–Crippen LogP) is 2.18. The molecule has 128 valence electrons. The molecule has 1 aromatic carbocycles. The number of pyridine rings is 1. The largest absolute Gasteiger partial charge is 0.493 e. The van der Waals surface area contributed by atoms with E-state index in [1.807, 2.05) is 0 Å². The van der Waals surface area contributed by atoms with Gasteiger partial charge in [0.15, 0.2) is 11.5 Å². The van der Waals surface area contributed by atoms with E-state index in [-0.39, 0.29) is 11.6 Å². The van der Waals surface area contributed by atoms with E-state index < -0.39 is 5.91 Å². The highest BCUT2D eigenvalue weighted by Gasteiger charge is 2.14. The fourth-order valence-electron chi connectivity index (χ4n) is 2.14. The summed E-state index contributed by atoms with van der Waals surface area (Å²) in [5.41, 5.74) is 1.34. The van der Waals surface area contributed by atoms with Gasteiger partial charge in [-0.1, -0.05) is 16.7 Å². The number of ether oxygens (including phenoxy) is 2. The molecule has 0 atom stereocenters. The Morgan fingerprint density at radius 1 is 1.16 bits per heavy atom. The van der Waals surface area contributed by atoms with Gasteiger partial charge < -0.3 is 9.47 Å². The smallest absolute Gasteiger partial charge is 0.276 e. The number of methoxy groups -OCH3 is 2. The van der Waals surface area contributed by atoms with Gasteiger partial charge in [-0.2, -0.15) is 5.21 Å². The lowest BCUT2D eigenvalue weighted by Gasteiger charge is -2.10. The van der Waals surface area contributed by atoms with E-state index in [9.17, 15) is 4.79 Å². The molecular weight excluding hydrogens is 348 g/mol. The maximum absolute atomic E-state index is 12.3. The van der Waals surface area contributed by atoms with Crippen molar-refractivity contribution < 1.29 is 14.3 Å². The molecule has 0 spiro atoms. The van der Waals surface area contributed by atoms with Crippen molar-refractivity contribution in [2.45, 2.75) is 0 Å². The van der Waals surface area contributed by atoms with Crippen LogP contribution in [0.3, 0.4) is 0 Å². The number of rotatable bonds is 5. The van der Waals surface area contributed by atoms with Gasteiger partial charge in [0.1, 0.15) is 5.69 Å². The zero-order chi connectivity index (χ0) is 17.8. The van der Waals surface area contributed by atoms with Crippen LogP contribution in [0.15, 0.2) is 30.3 Å². The van der Waals surface area contributed by atoms with Gasteiger partial charge in [0.2, 0.25) is 0 Å². The molecule has 25 heavy (non-hydrogen) atoms. The topological polar surface area (TPSA) is 115 Å². The van der Waals surface area contributed by atoms with Crippen LogP contribution < -0.4 is 14.8 Å². The van der Waals surface area contributed by atoms with Gasteiger partial charge in [-0.05, 0) is 35.5 Å². The van der Waals surface area contributed by atoms with Crippen LogP contribution in [-0.4, -0.2) is 45.7 Å². The molecule has 0 saturated carbocycles. The van der Waals surface area contributed by atoms with Crippen molar-refractivity contribution in [2.75, 3.05) is 19.5 Å². The quantitative estimate of drug-likeness (QED) is 0.716. The standard InChI is InChI=1S/C15H13ClN6O3/c1-24-12-4-3-8(5-13(12)25-2)10-6-9(16)7-11(17-10)14(23)18-15-19-21-22-20-15/h3-7H,1-2H3,(H2,18,19,20,21,22,23). The van der Waals surface area contributed by atoms with Crippen LogP contribution in [0, 0.1) is 0 Å². The maximum atomic E-state index is 12.3. The summed E-state index contributed by atoms with van der Waals surface area (Å²) in [6.07, 6.45) is 0. The molecule has 10 heteroatoms. The normalized spacial score (nSPS) is 10.4. The molecule has 3 rings (SSSR count). The Kier molecular flexibility index (Phi) is 4.75. The Hall–Kier alpha value is -3.20. The second-order valence-electron chi connectivity index (χ2n) is 4.82. The predicted molar refractivity (Wildman–Crippen MR) is 89.9 cm³/mol. The van der Waals surface area contributed by atoms with Gasteiger partial charge >= 0.3 is 0 Å². The number of hydrogen-bond acceptors (Lipinski definition) is 7. The zero-order valence-electron chi connectivity index (χ0n) is 13.3. The monoisotopic (exact) mass is 360 g/mol. The van der Waals surface area contributed by atoms with Crippen molar-refractivity contribution in [3.05, 3.63) is 41.0 Å². The second-order valence-corrected chi connectivity index (χ2v) is 5.25. The molecule has 2 heterocycles. The molecule has 0 saturated heterocycles. The van der Waals surface area contributed by atoms with Crippen LogP contribution in [0.25, 0.3) is 11.3 Å². The first-order valence-electron chi connectivity index (χ1n) is 7.05. The fourth-order valence-corrected chi connectivity index (χ4v) is 2.34. The molecule has 3 aromatic rings. The molecule has 0 aliphatic heterocycles. The summed E-state index contributed by atoms with van der Waals surface area (Å²) in [6, 6.07) is 8.38. The number of H-pyrrole nitrogens is 1. The number of nitrogens with one attached hydrogen (secondary N) is 2. The first-order valence-corrected chi connectivity index (χ1v) is 7.43. The fraction of sp³-hybridized carbons (Fsp3) is 0.133. The number of anilines is 1. The van der Waals surface area contributed by atoms with Crippen LogP contribution >= 0.6 is 11.6 Å². The first-order chi connectivity index (χ1) is 12.1. The Bertz CT molecular complexity index is 900. The Labute approximate surface area is 147 Å². The number of aromatic nitrogens is 5. The van der Waals surface area contributed by atoms with E-state index >= 15 is 0 Å². The van der Waals surface area contributed by atoms with Crippen LogP contribution in [0.5, 0.6) is 11.5 Å². The summed E-state index contributed by atoms with van der Waals surface area (Å²) in [4.78, 5) is 16.6. The van der Waals surface area contributed by atoms with Crippen molar-refractivity contribution in [2.24, 2.45) is 0 Å². The molecule has 9 nitrogen and oxygen atoms in total. The van der Waals surface area contributed by atoms with Gasteiger partial charge in [0.05, 0.1) is 19.9 Å². The first kappa shape index (κ1) is 16.7. The second kappa shape index (κ2) is 7.14. The lowest BCUT2D eigenvalue weighted by atomic mass is 10.1. The number of aromatic amines is 1. The number of amides is 1. The summed E-state index contributed by atoms with van der Waals surface area (Å²) in [6.45, 7) is 0. The highest BCUT2D eigenvalue weighted by molar-refractivity contribution is 6.31. The van der Waals surface area contributed by atoms with Gasteiger partial charge in [0, 0.05) is 10.6 Å². The van der Waals surface area contributed by atoms with E-state index in [0.29, 0.717) is 27.8 Å². The average molecular weight is 361 g/mol. The molecule has 0 aliphatic carbocycles. The van der Waals surface area contributed by atoms with Gasteiger partial charge in [-0.3, -0.25) is 10.1 Å². The third kappa shape index (κ3) is 3.66. The number of carbonyl (C=O) groups is 1. The van der Waals surface area contributed by atoms with Crippen LogP contribution in [0.4, 0.5) is 5.95 Å². The molecule has 2 aromatic heterocycles. The zero-order valence-corrected chi connectivity index (χ0v) is 14.0. The summed E-state index contributed by atoms with van der Waals surface area (Å²) in [7, 11) is 3.09. The highest BCUT2D eigenvalue weighted by Crippen LogP contribution is 2.32. The lowest BCUT2D eigenvalue weighted by Crippen LogP contribution is -2.15. The maximum Gasteiger partial charge on any atom is 0.276 e. The molecule has 0 aliphatic rings. The van der Waals surface area contributed by atoms with E-state index in [4.69, 9.17) is 21.1 Å². The van der Waals surface area contributed by atoms with Crippen molar-refractivity contribution in [3.8, 4) is 22.8 Å². The molecular formula is C15H13ClN6O3. The van der Waals surface area contributed by atoms with E-state index in [2.05, 4.69) is 30.9 Å². The minimum absolute atomic E-state index is 0.0412. The Morgan fingerprint density at radius 2 is 1.96 bits per heavy atom. The summed E-state index contributed by atoms with van der Waals surface area (Å²) in [5, 5.41) is 15.7. The number of halogens is 1. The van der Waals surface area contributed by atoms with Gasteiger partial charge in [-0.25, -0.2) is 4.98 Å². The molecule has 2 N–H and O–H groups in total. The third-order valence-electron chi connectivity index (χ3n) is 3.27. The molecule has 0 radical (unpaired) electrons. The minimum atomic E-state index is -0.509. The lowest BCUT2D eigenvalue weighted by molar-refractivity contribution is 0.102. The van der Waals surface area contributed by atoms with Crippen molar-refractivity contribution in [3.63, 3.8) is 0 Å². The van der Waals surface area contributed by atoms with E-state index in [0.717, 1.165) is 0 Å².